The van der Waals surface area contributed by atoms with Crippen LogP contribution in [0.2, 0.25) is 0 Å². The topological polar surface area (TPSA) is 83.6 Å². The summed E-state index contributed by atoms with van der Waals surface area (Å²) in [4.78, 5) is 22.9. The molecule has 0 bridgehead atoms. The smallest absolute Gasteiger partial charge is 0.310 e. The molecule has 0 aromatic heterocycles. The average molecular weight is 172 g/mol. The lowest BCUT2D eigenvalue weighted by Gasteiger charge is -2.36. The Balaban J connectivity index is 2.25. The minimum Gasteiger partial charge on any atom is -0.481 e. The van der Waals surface area contributed by atoms with Gasteiger partial charge < -0.3 is 15.7 Å². The van der Waals surface area contributed by atoms with Crippen LogP contribution in [0.25, 0.3) is 0 Å². The Labute approximate surface area is 70.1 Å². The van der Waals surface area contributed by atoms with Gasteiger partial charge in [-0.05, 0) is 0 Å². The van der Waals surface area contributed by atoms with Gasteiger partial charge >= 0.3 is 5.97 Å². The highest BCUT2D eigenvalue weighted by Gasteiger charge is 2.34. The van der Waals surface area contributed by atoms with Crippen LogP contribution in [0.15, 0.2) is 0 Å². The Morgan fingerprint density at radius 2 is 2.08 bits per heavy atom. The number of carbonyl (C=O) groups is 2. The Morgan fingerprint density at radius 3 is 2.50 bits per heavy atom. The molecule has 1 saturated heterocycles. The third kappa shape index (κ3) is 1.73. The first-order valence-electron chi connectivity index (χ1n) is 3.85. The summed E-state index contributed by atoms with van der Waals surface area (Å²) in [5.74, 6) is -1.24. The lowest BCUT2D eigenvalue weighted by molar-refractivity contribution is -0.152. The maximum atomic E-state index is 11.0. The standard InChI is InChI=1S/C7H12N2O3/c8-2-1-6(10)9-3-5(4-9)7(11)12/h5H,1-4,8H2,(H,11,12). The molecule has 3 N–H and O–H groups in total. The van der Waals surface area contributed by atoms with Crippen molar-refractivity contribution < 1.29 is 14.7 Å². The fourth-order valence-corrected chi connectivity index (χ4v) is 1.12. The van der Waals surface area contributed by atoms with E-state index in [1.807, 2.05) is 0 Å². The van der Waals surface area contributed by atoms with E-state index < -0.39 is 5.97 Å². The van der Waals surface area contributed by atoms with Gasteiger partial charge in [-0.1, -0.05) is 0 Å². The van der Waals surface area contributed by atoms with Crippen LogP contribution in [0.4, 0.5) is 0 Å². The molecule has 1 aliphatic heterocycles. The van der Waals surface area contributed by atoms with Gasteiger partial charge in [-0.15, -0.1) is 0 Å². The largest absolute Gasteiger partial charge is 0.481 e. The van der Waals surface area contributed by atoms with Crippen molar-refractivity contribution in [3.8, 4) is 0 Å². The highest BCUT2D eigenvalue weighted by atomic mass is 16.4. The number of carbonyl (C=O) groups excluding carboxylic acids is 1. The number of carboxylic acids is 1. The van der Waals surface area contributed by atoms with E-state index >= 15 is 0 Å². The molecule has 1 fully saturated rings. The highest BCUT2D eigenvalue weighted by molar-refractivity contribution is 5.81. The third-order valence-corrected chi connectivity index (χ3v) is 1.94. The number of carboxylic acid groups (broad SMARTS) is 1. The van der Waals surface area contributed by atoms with Gasteiger partial charge in [0.15, 0.2) is 0 Å². The van der Waals surface area contributed by atoms with Gasteiger partial charge in [-0.25, -0.2) is 0 Å². The van der Waals surface area contributed by atoms with Crippen molar-refractivity contribution in [1.82, 2.24) is 4.90 Å². The molecule has 0 atom stereocenters. The van der Waals surface area contributed by atoms with E-state index in [9.17, 15) is 9.59 Å². The molecular formula is C7H12N2O3. The first kappa shape index (κ1) is 8.99. The summed E-state index contributed by atoms with van der Waals surface area (Å²) in [7, 11) is 0. The van der Waals surface area contributed by atoms with Gasteiger partial charge in [0.2, 0.25) is 5.91 Å². The van der Waals surface area contributed by atoms with Crippen LogP contribution in [0, 0.1) is 5.92 Å². The maximum absolute atomic E-state index is 11.0. The molecule has 1 aliphatic rings. The maximum Gasteiger partial charge on any atom is 0.310 e. The van der Waals surface area contributed by atoms with E-state index in [2.05, 4.69) is 0 Å². The van der Waals surface area contributed by atoms with E-state index in [0.717, 1.165) is 0 Å². The van der Waals surface area contributed by atoms with E-state index in [0.29, 0.717) is 26.1 Å². The van der Waals surface area contributed by atoms with Crippen molar-refractivity contribution >= 4 is 11.9 Å². The van der Waals surface area contributed by atoms with Crippen LogP contribution in [0.5, 0.6) is 0 Å². The molecule has 0 aromatic carbocycles. The summed E-state index contributed by atoms with van der Waals surface area (Å²) < 4.78 is 0. The van der Waals surface area contributed by atoms with Crippen LogP contribution in [0.3, 0.4) is 0 Å². The van der Waals surface area contributed by atoms with Crippen LogP contribution in [0.1, 0.15) is 6.42 Å². The zero-order valence-corrected chi connectivity index (χ0v) is 6.69. The molecule has 1 rings (SSSR count). The van der Waals surface area contributed by atoms with Crippen molar-refractivity contribution in [3.63, 3.8) is 0 Å². The summed E-state index contributed by atoms with van der Waals surface area (Å²) in [6.45, 7) is 1.01. The summed E-state index contributed by atoms with van der Waals surface area (Å²) in [6, 6.07) is 0. The number of nitrogens with two attached hydrogens (primary N) is 1. The van der Waals surface area contributed by atoms with Crippen molar-refractivity contribution in [2.24, 2.45) is 11.7 Å². The first-order chi connectivity index (χ1) is 5.65. The Bertz CT molecular complexity index is 199. The van der Waals surface area contributed by atoms with Gasteiger partial charge in [0, 0.05) is 26.1 Å². The SMILES string of the molecule is NCCC(=O)N1CC(C(=O)O)C1. The number of amides is 1. The number of hydrogen-bond donors (Lipinski definition) is 2. The summed E-state index contributed by atoms with van der Waals surface area (Å²) >= 11 is 0. The lowest BCUT2D eigenvalue weighted by Crippen LogP contribution is -2.53. The fourth-order valence-electron chi connectivity index (χ4n) is 1.12. The van der Waals surface area contributed by atoms with Crippen LogP contribution >= 0.6 is 0 Å². The van der Waals surface area contributed by atoms with Crippen LogP contribution < -0.4 is 5.73 Å². The normalized spacial score (nSPS) is 17.2. The second-order valence-corrected chi connectivity index (χ2v) is 2.87. The molecule has 0 aromatic rings. The molecule has 12 heavy (non-hydrogen) atoms. The highest BCUT2D eigenvalue weighted by Crippen LogP contribution is 2.15. The Morgan fingerprint density at radius 1 is 1.50 bits per heavy atom. The number of nitrogens with zero attached hydrogens (tertiary/aromatic N) is 1. The van der Waals surface area contributed by atoms with Crippen molar-refractivity contribution in [3.05, 3.63) is 0 Å². The van der Waals surface area contributed by atoms with Crippen LogP contribution in [-0.4, -0.2) is 41.5 Å². The molecule has 0 unspecified atom stereocenters. The predicted molar refractivity (Wildman–Crippen MR) is 41.4 cm³/mol. The fraction of sp³-hybridized carbons (Fsp3) is 0.714. The minimum atomic E-state index is -0.827. The van der Waals surface area contributed by atoms with Crippen molar-refractivity contribution in [2.45, 2.75) is 6.42 Å². The van der Waals surface area contributed by atoms with Crippen molar-refractivity contribution in [1.29, 1.82) is 0 Å². The van der Waals surface area contributed by atoms with Crippen molar-refractivity contribution in [2.75, 3.05) is 19.6 Å². The summed E-state index contributed by atoms with van der Waals surface area (Å²) in [6.07, 6.45) is 0.312. The van der Waals surface area contributed by atoms with Crippen LogP contribution in [-0.2, 0) is 9.59 Å². The van der Waals surface area contributed by atoms with E-state index in [1.165, 1.54) is 4.90 Å². The molecular weight excluding hydrogens is 160 g/mol. The number of aliphatic carboxylic acids is 1. The molecule has 0 spiro atoms. The van der Waals surface area contributed by atoms with E-state index in [1.54, 1.807) is 0 Å². The van der Waals surface area contributed by atoms with Gasteiger partial charge in [0.05, 0.1) is 5.92 Å². The molecule has 1 heterocycles. The predicted octanol–water partition coefficient (Wildman–Crippen LogP) is -1.12. The second kappa shape index (κ2) is 3.53. The second-order valence-electron chi connectivity index (χ2n) is 2.87. The Hall–Kier alpha value is -1.10. The van der Waals surface area contributed by atoms with Gasteiger partial charge in [-0.2, -0.15) is 0 Å². The third-order valence-electron chi connectivity index (χ3n) is 1.94. The monoisotopic (exact) mass is 172 g/mol. The summed E-state index contributed by atoms with van der Waals surface area (Å²) in [5.41, 5.74) is 5.18. The first-order valence-corrected chi connectivity index (χ1v) is 3.85. The zero-order valence-electron chi connectivity index (χ0n) is 6.69. The van der Waals surface area contributed by atoms with E-state index in [-0.39, 0.29) is 11.8 Å². The van der Waals surface area contributed by atoms with E-state index in [4.69, 9.17) is 10.8 Å². The number of hydrogen-bond acceptors (Lipinski definition) is 3. The molecule has 1 amide bonds. The summed E-state index contributed by atoms with van der Waals surface area (Å²) in [5, 5.41) is 8.50. The minimum absolute atomic E-state index is 0.0463. The van der Waals surface area contributed by atoms with Gasteiger partial charge in [-0.3, -0.25) is 9.59 Å². The quantitative estimate of drug-likeness (QED) is 0.564. The average Bonchev–Trinajstić information content (AvgIpc) is 1.82. The number of rotatable bonds is 3. The van der Waals surface area contributed by atoms with Gasteiger partial charge in [0.1, 0.15) is 0 Å². The molecule has 0 radical (unpaired) electrons. The molecule has 68 valence electrons. The zero-order chi connectivity index (χ0) is 9.14. The number of likely N-dealkylation sites (tertiary alicyclic amines) is 1. The molecule has 0 saturated carbocycles. The Kier molecular flexibility index (Phi) is 2.65. The molecule has 5 heteroatoms. The molecule has 5 nitrogen and oxygen atoms in total. The lowest BCUT2D eigenvalue weighted by atomic mass is 10.0. The van der Waals surface area contributed by atoms with Gasteiger partial charge in [0.25, 0.3) is 0 Å². The molecule has 0 aliphatic carbocycles.